The molecular formula is C28H22O2. The second kappa shape index (κ2) is 9.15. The summed E-state index contributed by atoms with van der Waals surface area (Å²) in [7, 11) is 0. The molecule has 4 rings (SSSR count). The maximum atomic E-state index is 13.5. The summed E-state index contributed by atoms with van der Waals surface area (Å²) in [6.07, 6.45) is 0.664. The van der Waals surface area contributed by atoms with E-state index in [9.17, 15) is 9.59 Å². The molecule has 0 aromatic heterocycles. The molecule has 0 fully saturated rings. The van der Waals surface area contributed by atoms with E-state index in [4.69, 9.17) is 0 Å². The van der Waals surface area contributed by atoms with Gasteiger partial charge in [-0.25, -0.2) is 0 Å². The van der Waals surface area contributed by atoms with Crippen molar-refractivity contribution in [1.29, 1.82) is 0 Å². The molecule has 146 valence electrons. The predicted molar refractivity (Wildman–Crippen MR) is 120 cm³/mol. The van der Waals surface area contributed by atoms with Crippen molar-refractivity contribution in [2.24, 2.45) is 0 Å². The summed E-state index contributed by atoms with van der Waals surface area (Å²) in [4.78, 5) is 27.1. The molecule has 0 aliphatic rings. The zero-order valence-corrected chi connectivity index (χ0v) is 16.6. The van der Waals surface area contributed by atoms with Crippen LogP contribution in [0.4, 0.5) is 0 Å². The predicted octanol–water partition coefficient (Wildman–Crippen LogP) is 6.13. The number of hydrogen-bond donors (Lipinski definition) is 0. The smallest absolute Gasteiger partial charge is 0.178 e. The molecule has 0 bridgehead atoms. The minimum atomic E-state index is -0.880. The van der Waals surface area contributed by atoms with Gasteiger partial charge in [0.05, 0.1) is 0 Å². The van der Waals surface area contributed by atoms with E-state index in [-0.39, 0.29) is 11.6 Å². The Morgan fingerprint density at radius 1 is 0.533 bits per heavy atom. The maximum absolute atomic E-state index is 13.5. The Balaban J connectivity index is 1.80. The minimum absolute atomic E-state index is 0.176. The lowest BCUT2D eigenvalue weighted by Crippen LogP contribution is -2.24. The molecule has 2 nitrogen and oxygen atoms in total. The number of hydrogen-bond acceptors (Lipinski definition) is 2. The van der Waals surface area contributed by atoms with Gasteiger partial charge in [0.1, 0.15) is 5.92 Å². The third-order valence-corrected chi connectivity index (χ3v) is 5.24. The average Bonchev–Trinajstić information content (AvgIpc) is 2.82. The lowest BCUT2D eigenvalue weighted by atomic mass is 9.81. The van der Waals surface area contributed by atoms with Crippen LogP contribution in [-0.4, -0.2) is 11.6 Å². The first kappa shape index (κ1) is 19.5. The summed E-state index contributed by atoms with van der Waals surface area (Å²) in [6.45, 7) is 0. The lowest BCUT2D eigenvalue weighted by Gasteiger charge is -2.19. The van der Waals surface area contributed by atoms with Gasteiger partial charge < -0.3 is 0 Å². The summed E-state index contributed by atoms with van der Waals surface area (Å²) >= 11 is 0. The van der Waals surface area contributed by atoms with Gasteiger partial charge >= 0.3 is 0 Å². The van der Waals surface area contributed by atoms with Crippen LogP contribution in [0.2, 0.25) is 0 Å². The SMILES string of the molecule is O=C(c1ccccc1)C(C(=O)c1ccccc1)c1ccccc1Cc1ccccc1. The first-order chi connectivity index (χ1) is 14.7. The van der Waals surface area contributed by atoms with E-state index in [2.05, 4.69) is 12.1 Å². The molecule has 0 atom stereocenters. The van der Waals surface area contributed by atoms with Crippen molar-refractivity contribution >= 4 is 11.6 Å². The van der Waals surface area contributed by atoms with E-state index < -0.39 is 5.92 Å². The van der Waals surface area contributed by atoms with Gasteiger partial charge in [-0.3, -0.25) is 9.59 Å². The third-order valence-electron chi connectivity index (χ3n) is 5.24. The minimum Gasteiger partial charge on any atom is -0.293 e. The second-order valence-electron chi connectivity index (χ2n) is 7.25. The van der Waals surface area contributed by atoms with E-state index >= 15 is 0 Å². The molecule has 4 aromatic rings. The van der Waals surface area contributed by atoms with Crippen LogP contribution in [0.5, 0.6) is 0 Å². The van der Waals surface area contributed by atoms with Crippen LogP contribution in [0.1, 0.15) is 43.3 Å². The van der Waals surface area contributed by atoms with E-state index in [1.54, 1.807) is 24.3 Å². The van der Waals surface area contributed by atoms with Crippen molar-refractivity contribution in [3.05, 3.63) is 143 Å². The van der Waals surface area contributed by atoms with Crippen LogP contribution in [0.25, 0.3) is 0 Å². The topological polar surface area (TPSA) is 34.1 Å². The molecule has 4 aromatic carbocycles. The van der Waals surface area contributed by atoms with Gasteiger partial charge in [0.15, 0.2) is 11.6 Å². The van der Waals surface area contributed by atoms with Gasteiger partial charge in [-0.15, -0.1) is 0 Å². The Hall–Kier alpha value is -3.78. The Kier molecular flexibility index (Phi) is 5.95. The highest BCUT2D eigenvalue weighted by Crippen LogP contribution is 2.29. The van der Waals surface area contributed by atoms with Crippen molar-refractivity contribution in [2.75, 3.05) is 0 Å². The second-order valence-corrected chi connectivity index (χ2v) is 7.25. The fourth-order valence-corrected chi connectivity index (χ4v) is 3.73. The molecule has 2 heteroatoms. The van der Waals surface area contributed by atoms with Crippen LogP contribution in [0, 0.1) is 0 Å². The molecule has 0 N–H and O–H groups in total. The van der Waals surface area contributed by atoms with Crippen molar-refractivity contribution in [1.82, 2.24) is 0 Å². The van der Waals surface area contributed by atoms with Gasteiger partial charge in [-0.2, -0.15) is 0 Å². The lowest BCUT2D eigenvalue weighted by molar-refractivity contribution is 0.0859. The zero-order chi connectivity index (χ0) is 20.8. The van der Waals surface area contributed by atoms with Crippen LogP contribution < -0.4 is 0 Å². The Labute approximate surface area is 176 Å². The van der Waals surface area contributed by atoms with Gasteiger partial charge in [-0.1, -0.05) is 115 Å². The molecule has 0 unspecified atom stereocenters. The number of ketones is 2. The number of Topliss-reactive ketones (excluding diaryl/α,β-unsaturated/α-hetero) is 2. The largest absolute Gasteiger partial charge is 0.293 e. The Morgan fingerprint density at radius 3 is 1.50 bits per heavy atom. The van der Waals surface area contributed by atoms with Crippen molar-refractivity contribution in [3.8, 4) is 0 Å². The van der Waals surface area contributed by atoms with Gasteiger partial charge in [0.2, 0.25) is 0 Å². The number of carbonyl (C=O) groups excluding carboxylic acids is 2. The molecule has 0 saturated carbocycles. The first-order valence-corrected chi connectivity index (χ1v) is 10.0. The summed E-state index contributed by atoms with van der Waals surface area (Å²) < 4.78 is 0. The van der Waals surface area contributed by atoms with Crippen LogP contribution in [-0.2, 0) is 6.42 Å². The van der Waals surface area contributed by atoms with Gasteiger partial charge in [0, 0.05) is 11.1 Å². The van der Waals surface area contributed by atoms with Crippen LogP contribution >= 0.6 is 0 Å². The van der Waals surface area contributed by atoms with Crippen molar-refractivity contribution in [2.45, 2.75) is 12.3 Å². The molecule has 0 amide bonds. The zero-order valence-electron chi connectivity index (χ0n) is 16.6. The van der Waals surface area contributed by atoms with Crippen molar-refractivity contribution in [3.63, 3.8) is 0 Å². The van der Waals surface area contributed by atoms with Gasteiger partial charge in [0.25, 0.3) is 0 Å². The van der Waals surface area contributed by atoms with E-state index in [1.165, 1.54) is 0 Å². The molecule has 0 spiro atoms. The highest BCUT2D eigenvalue weighted by Gasteiger charge is 2.31. The third kappa shape index (κ3) is 4.28. The fourth-order valence-electron chi connectivity index (χ4n) is 3.73. The standard InChI is InChI=1S/C28H22O2/c29-27(22-14-6-2-7-15-22)26(28(30)23-16-8-3-9-17-23)25-19-11-10-18-24(25)20-21-12-4-1-5-13-21/h1-19,26H,20H2. The van der Waals surface area contributed by atoms with E-state index in [0.717, 1.165) is 16.7 Å². The molecule has 0 aliphatic heterocycles. The molecule has 30 heavy (non-hydrogen) atoms. The number of carbonyl (C=O) groups is 2. The Bertz CT molecular complexity index is 1080. The van der Waals surface area contributed by atoms with Gasteiger partial charge in [-0.05, 0) is 23.1 Å². The first-order valence-electron chi connectivity index (χ1n) is 10.0. The van der Waals surface area contributed by atoms with E-state index in [1.807, 2.05) is 78.9 Å². The number of rotatable bonds is 7. The molecule has 0 aliphatic carbocycles. The quantitative estimate of drug-likeness (QED) is 0.281. The number of benzene rings is 4. The summed E-state index contributed by atoms with van der Waals surface area (Å²) in [6, 6.07) is 36.0. The van der Waals surface area contributed by atoms with Crippen LogP contribution in [0.3, 0.4) is 0 Å². The highest BCUT2D eigenvalue weighted by molar-refractivity contribution is 6.20. The summed E-state index contributed by atoms with van der Waals surface area (Å²) in [5.41, 5.74) is 3.98. The normalized spacial score (nSPS) is 10.7. The van der Waals surface area contributed by atoms with Crippen molar-refractivity contribution < 1.29 is 9.59 Å². The Morgan fingerprint density at radius 2 is 0.967 bits per heavy atom. The summed E-state index contributed by atoms with van der Waals surface area (Å²) in [5.74, 6) is -1.23. The van der Waals surface area contributed by atoms with Crippen LogP contribution in [0.15, 0.2) is 115 Å². The summed E-state index contributed by atoms with van der Waals surface area (Å²) in [5, 5.41) is 0. The fraction of sp³-hybridized carbons (Fsp3) is 0.0714. The monoisotopic (exact) mass is 390 g/mol. The maximum Gasteiger partial charge on any atom is 0.178 e. The highest BCUT2D eigenvalue weighted by atomic mass is 16.2. The molecule has 0 saturated heterocycles. The molecular weight excluding hydrogens is 368 g/mol. The molecule has 0 radical (unpaired) electrons. The average molecular weight is 390 g/mol. The van der Waals surface area contributed by atoms with E-state index in [0.29, 0.717) is 17.5 Å². The molecule has 0 heterocycles.